The number of phenols is 1. The number of phenolic OH excluding ortho intramolecular Hbond substituents is 1. The van der Waals surface area contributed by atoms with E-state index < -0.39 is 5.97 Å². The molecule has 3 nitrogen and oxygen atoms in total. The van der Waals surface area contributed by atoms with Gasteiger partial charge in [0.15, 0.2) is 0 Å². The van der Waals surface area contributed by atoms with E-state index in [4.69, 9.17) is 5.11 Å². The van der Waals surface area contributed by atoms with Gasteiger partial charge in [-0.25, -0.2) is 4.79 Å². The number of aromatic hydroxyl groups is 1. The molecule has 0 amide bonds. The highest BCUT2D eigenvalue weighted by Gasteiger charge is 2.04. The zero-order valence-corrected chi connectivity index (χ0v) is 11.7. The summed E-state index contributed by atoms with van der Waals surface area (Å²) < 4.78 is 0. The molecule has 2 aromatic rings. The molecule has 0 fully saturated rings. The first-order chi connectivity index (χ1) is 10.0. The molecule has 0 aliphatic heterocycles. The third-order valence-corrected chi connectivity index (χ3v) is 3.25. The Hall–Kier alpha value is -2.81. The smallest absolute Gasteiger partial charge is 0.335 e. The van der Waals surface area contributed by atoms with Crippen molar-refractivity contribution >= 4 is 17.6 Å². The van der Waals surface area contributed by atoms with Crippen LogP contribution in [-0.2, 0) is 0 Å². The van der Waals surface area contributed by atoms with Gasteiger partial charge >= 0.3 is 5.97 Å². The van der Waals surface area contributed by atoms with Crippen molar-refractivity contribution in [1.29, 1.82) is 0 Å². The summed E-state index contributed by atoms with van der Waals surface area (Å²) in [5.41, 5.74) is 3.97. The van der Waals surface area contributed by atoms with Gasteiger partial charge in [-0.05, 0) is 59.5 Å². The summed E-state index contributed by atoms with van der Waals surface area (Å²) >= 11 is 0. The molecule has 2 N–H and O–H groups in total. The quantitative estimate of drug-likeness (QED) is 0.654. The number of aromatic carboxylic acids is 1. The molecule has 0 radical (unpaired) electrons. The minimum atomic E-state index is -0.944. The lowest BCUT2D eigenvalue weighted by Crippen LogP contribution is -1.95. The Kier molecular flexibility index (Phi) is 4.24. The largest absolute Gasteiger partial charge is 0.508 e. The van der Waals surface area contributed by atoms with Gasteiger partial charge in [0.1, 0.15) is 5.75 Å². The van der Waals surface area contributed by atoms with Crippen LogP contribution in [0.4, 0.5) is 0 Å². The third kappa shape index (κ3) is 3.39. The van der Waals surface area contributed by atoms with Crippen LogP contribution in [-0.4, -0.2) is 16.2 Å². The van der Waals surface area contributed by atoms with Crippen LogP contribution in [0.25, 0.3) is 11.6 Å². The molecule has 0 saturated heterocycles. The van der Waals surface area contributed by atoms with Crippen LogP contribution in [0.3, 0.4) is 0 Å². The highest BCUT2D eigenvalue weighted by Crippen LogP contribution is 2.23. The van der Waals surface area contributed by atoms with Gasteiger partial charge in [0.25, 0.3) is 0 Å². The van der Waals surface area contributed by atoms with E-state index >= 15 is 0 Å². The Morgan fingerprint density at radius 2 is 1.71 bits per heavy atom. The molecule has 2 rings (SSSR count). The molecule has 0 aliphatic carbocycles. The van der Waals surface area contributed by atoms with Gasteiger partial charge in [0, 0.05) is 0 Å². The fourth-order valence-electron chi connectivity index (χ4n) is 2.05. The summed E-state index contributed by atoms with van der Waals surface area (Å²) in [5.74, 6) is -0.712. The fraction of sp³-hybridized carbons (Fsp3) is 0.0556. The zero-order chi connectivity index (χ0) is 15.4. The molecular formula is C18H16O3. The van der Waals surface area contributed by atoms with Crippen molar-refractivity contribution < 1.29 is 15.0 Å². The van der Waals surface area contributed by atoms with E-state index in [1.54, 1.807) is 42.5 Å². The Bertz CT molecular complexity index is 710. The second kappa shape index (κ2) is 6.09. The van der Waals surface area contributed by atoms with E-state index in [1.807, 2.05) is 19.1 Å². The number of carboxylic acids is 1. The van der Waals surface area contributed by atoms with E-state index in [-0.39, 0.29) is 11.3 Å². The number of hydrogen-bond acceptors (Lipinski definition) is 2. The Balaban J connectivity index is 2.40. The maximum atomic E-state index is 10.9. The van der Waals surface area contributed by atoms with Crippen LogP contribution >= 0.6 is 0 Å². The van der Waals surface area contributed by atoms with Crippen molar-refractivity contribution in [3.05, 3.63) is 77.4 Å². The molecule has 0 heterocycles. The number of benzene rings is 2. The van der Waals surface area contributed by atoms with E-state index in [0.717, 1.165) is 22.3 Å². The minimum Gasteiger partial charge on any atom is -0.508 e. The minimum absolute atomic E-state index is 0.232. The molecule has 0 spiro atoms. The Labute approximate surface area is 123 Å². The van der Waals surface area contributed by atoms with Crippen molar-refractivity contribution in [2.24, 2.45) is 0 Å². The Morgan fingerprint density at radius 1 is 1.10 bits per heavy atom. The number of carbonyl (C=O) groups is 1. The van der Waals surface area contributed by atoms with Gasteiger partial charge in [-0.15, -0.1) is 0 Å². The predicted octanol–water partition coefficient (Wildman–Crippen LogP) is 4.13. The third-order valence-electron chi connectivity index (χ3n) is 3.25. The second-order valence-electron chi connectivity index (χ2n) is 4.73. The maximum Gasteiger partial charge on any atom is 0.335 e. The summed E-state index contributed by atoms with van der Waals surface area (Å²) in [6, 6.07) is 11.8. The van der Waals surface area contributed by atoms with Crippen molar-refractivity contribution in [1.82, 2.24) is 0 Å². The number of allylic oxidation sites excluding steroid dienone is 2. The van der Waals surface area contributed by atoms with Crippen LogP contribution in [0, 0.1) is 6.92 Å². The van der Waals surface area contributed by atoms with Crippen LogP contribution < -0.4 is 0 Å². The lowest BCUT2D eigenvalue weighted by Gasteiger charge is -2.06. The highest BCUT2D eigenvalue weighted by atomic mass is 16.4. The summed E-state index contributed by atoms with van der Waals surface area (Å²) in [6.45, 7) is 5.72. The molecule has 0 saturated carbocycles. The number of aryl methyl sites for hydroxylation is 1. The summed E-state index contributed by atoms with van der Waals surface area (Å²) in [4.78, 5) is 10.9. The average Bonchev–Trinajstić information content (AvgIpc) is 2.47. The van der Waals surface area contributed by atoms with Gasteiger partial charge in [-0.1, -0.05) is 30.9 Å². The van der Waals surface area contributed by atoms with Gasteiger partial charge in [-0.2, -0.15) is 0 Å². The van der Waals surface area contributed by atoms with Crippen molar-refractivity contribution in [3.8, 4) is 5.75 Å². The van der Waals surface area contributed by atoms with E-state index in [2.05, 4.69) is 6.58 Å². The first-order valence-electron chi connectivity index (χ1n) is 6.49. The van der Waals surface area contributed by atoms with Crippen molar-refractivity contribution in [3.63, 3.8) is 0 Å². The van der Waals surface area contributed by atoms with Crippen molar-refractivity contribution in [2.75, 3.05) is 0 Å². The van der Waals surface area contributed by atoms with Crippen molar-refractivity contribution in [2.45, 2.75) is 6.92 Å². The normalized spacial score (nSPS) is 11.2. The first kappa shape index (κ1) is 14.6. The van der Waals surface area contributed by atoms with Crippen LogP contribution in [0.15, 0.2) is 55.1 Å². The monoisotopic (exact) mass is 280 g/mol. The molecule has 106 valence electrons. The zero-order valence-electron chi connectivity index (χ0n) is 11.7. The molecule has 0 atom stereocenters. The lowest BCUT2D eigenvalue weighted by atomic mass is 9.99. The molecule has 0 unspecified atom stereocenters. The first-order valence-corrected chi connectivity index (χ1v) is 6.49. The summed E-state index contributed by atoms with van der Waals surface area (Å²) in [5, 5.41) is 18.3. The Morgan fingerprint density at radius 3 is 2.24 bits per heavy atom. The van der Waals surface area contributed by atoms with E-state index in [9.17, 15) is 9.90 Å². The molecule has 3 heteroatoms. The van der Waals surface area contributed by atoms with Gasteiger partial charge < -0.3 is 10.2 Å². The maximum absolute atomic E-state index is 10.9. The van der Waals surface area contributed by atoms with Crippen LogP contribution in [0.5, 0.6) is 5.75 Å². The fourth-order valence-corrected chi connectivity index (χ4v) is 2.05. The molecule has 21 heavy (non-hydrogen) atoms. The topological polar surface area (TPSA) is 57.5 Å². The van der Waals surface area contributed by atoms with Gasteiger partial charge in [0.05, 0.1) is 5.56 Å². The molecule has 2 aromatic carbocycles. The lowest BCUT2D eigenvalue weighted by molar-refractivity contribution is 0.0697. The van der Waals surface area contributed by atoms with Crippen LogP contribution in [0.1, 0.15) is 27.0 Å². The molecule has 0 aliphatic rings. The SMILES string of the molecule is C=C/C(=C\c1ccc(O)cc1C)c1ccc(C(=O)O)cc1. The number of rotatable bonds is 4. The molecule has 0 aromatic heterocycles. The predicted molar refractivity (Wildman–Crippen MR) is 84.3 cm³/mol. The van der Waals surface area contributed by atoms with E-state index in [0.29, 0.717) is 0 Å². The second-order valence-corrected chi connectivity index (χ2v) is 4.73. The summed E-state index contributed by atoms with van der Waals surface area (Å²) in [7, 11) is 0. The number of hydrogen-bond donors (Lipinski definition) is 2. The van der Waals surface area contributed by atoms with Gasteiger partial charge in [0.2, 0.25) is 0 Å². The highest BCUT2D eigenvalue weighted by molar-refractivity contribution is 5.91. The number of carboxylic acid groups (broad SMARTS) is 1. The summed E-state index contributed by atoms with van der Waals surface area (Å²) in [6.07, 6.45) is 3.68. The standard InChI is InChI=1S/C18H16O3/c1-3-13(11-16-8-9-17(19)10-12(16)2)14-4-6-15(7-5-14)18(20)21/h3-11,19H,1H2,2H3,(H,20,21)/b13-11+. The average molecular weight is 280 g/mol. The molecule has 0 bridgehead atoms. The van der Waals surface area contributed by atoms with Crippen LogP contribution in [0.2, 0.25) is 0 Å². The molecular weight excluding hydrogens is 264 g/mol. The van der Waals surface area contributed by atoms with E-state index in [1.165, 1.54) is 0 Å². The van der Waals surface area contributed by atoms with Gasteiger partial charge in [-0.3, -0.25) is 0 Å².